The predicted molar refractivity (Wildman–Crippen MR) is 64.8 cm³/mol. The molecule has 15 heavy (non-hydrogen) atoms. The Bertz CT molecular complexity index is 283. The number of rotatable bonds is 2. The van der Waals surface area contributed by atoms with Crippen molar-refractivity contribution in [3.8, 4) is 0 Å². The molecule has 3 heteroatoms. The van der Waals surface area contributed by atoms with E-state index in [-0.39, 0.29) is 0 Å². The molecule has 0 aliphatic rings. The maximum Gasteiger partial charge on any atom is 0.142 e. The van der Waals surface area contributed by atoms with Gasteiger partial charge in [0.15, 0.2) is 0 Å². The van der Waals surface area contributed by atoms with E-state index in [1.807, 2.05) is 27.7 Å². The van der Waals surface area contributed by atoms with Crippen LogP contribution in [0, 0.1) is 13.8 Å². The van der Waals surface area contributed by atoms with Gasteiger partial charge in [-0.15, -0.1) is 0 Å². The summed E-state index contributed by atoms with van der Waals surface area (Å²) >= 11 is 0. The molecule has 3 nitrogen and oxygen atoms in total. The summed E-state index contributed by atoms with van der Waals surface area (Å²) in [4.78, 5) is 8.68. The molecule has 0 bridgehead atoms. The van der Waals surface area contributed by atoms with Crippen LogP contribution < -0.4 is 5.73 Å². The largest absolute Gasteiger partial charge is 0.324 e. The van der Waals surface area contributed by atoms with E-state index in [1.54, 1.807) is 0 Å². The maximum absolute atomic E-state index is 5.49. The number of aromatic nitrogens is 2. The van der Waals surface area contributed by atoms with Crippen LogP contribution in [0.2, 0.25) is 0 Å². The lowest BCUT2D eigenvalue weighted by Crippen LogP contribution is -2.09. The monoisotopic (exact) mass is 209 g/mol. The minimum Gasteiger partial charge on any atom is -0.324 e. The van der Waals surface area contributed by atoms with Gasteiger partial charge in [-0.25, -0.2) is 9.97 Å². The van der Waals surface area contributed by atoms with Crippen LogP contribution in [0.5, 0.6) is 0 Å². The third kappa shape index (κ3) is 3.59. The minimum atomic E-state index is 0.417. The van der Waals surface area contributed by atoms with Crippen molar-refractivity contribution in [1.82, 2.24) is 9.97 Å². The van der Waals surface area contributed by atoms with Gasteiger partial charge in [-0.2, -0.15) is 0 Å². The van der Waals surface area contributed by atoms with Gasteiger partial charge in [0.25, 0.3) is 0 Å². The Labute approximate surface area is 93.1 Å². The third-order valence-electron chi connectivity index (χ3n) is 2.13. The van der Waals surface area contributed by atoms with Crippen molar-refractivity contribution in [2.75, 3.05) is 0 Å². The average molecular weight is 209 g/mol. The quantitative estimate of drug-likeness (QED) is 0.814. The molecule has 1 aromatic rings. The third-order valence-corrected chi connectivity index (χ3v) is 2.13. The van der Waals surface area contributed by atoms with Crippen LogP contribution in [0.4, 0.5) is 0 Å². The molecular formula is C12H23N3. The van der Waals surface area contributed by atoms with Gasteiger partial charge in [0, 0.05) is 11.4 Å². The zero-order valence-electron chi connectivity index (χ0n) is 10.8. The van der Waals surface area contributed by atoms with E-state index in [9.17, 15) is 0 Å². The van der Waals surface area contributed by atoms with Gasteiger partial charge < -0.3 is 5.73 Å². The van der Waals surface area contributed by atoms with Crippen molar-refractivity contribution in [3.05, 3.63) is 22.8 Å². The highest BCUT2D eigenvalue weighted by Crippen LogP contribution is 2.20. The molecule has 2 N–H and O–H groups in total. The molecule has 86 valence electrons. The second kappa shape index (κ2) is 6.51. The number of hydrogen-bond donors (Lipinski definition) is 1. The molecule has 0 saturated carbocycles. The fourth-order valence-electron chi connectivity index (χ4n) is 1.72. The lowest BCUT2D eigenvalue weighted by atomic mass is 10.0. The molecule has 0 amide bonds. The normalized spacial score (nSPS) is 9.87. The molecule has 1 aromatic heterocycles. The van der Waals surface area contributed by atoms with E-state index >= 15 is 0 Å². The Balaban J connectivity index is 0.000000921. The molecule has 0 aliphatic heterocycles. The first kappa shape index (κ1) is 14.0. The smallest absolute Gasteiger partial charge is 0.142 e. The number of nitrogens with zero attached hydrogens (tertiary/aromatic N) is 2. The second-order valence-corrected chi connectivity index (χ2v) is 3.58. The van der Waals surface area contributed by atoms with Crippen LogP contribution in [-0.2, 0) is 6.54 Å². The van der Waals surface area contributed by atoms with E-state index < -0.39 is 0 Å². The van der Waals surface area contributed by atoms with Crippen molar-refractivity contribution in [1.29, 1.82) is 0 Å². The summed E-state index contributed by atoms with van der Waals surface area (Å²) in [5.74, 6) is 1.21. The molecular weight excluding hydrogens is 186 g/mol. The Morgan fingerprint density at radius 1 is 1.07 bits per heavy atom. The zero-order valence-corrected chi connectivity index (χ0v) is 10.8. The SMILES string of the molecule is CC.Cc1nc(CN)nc(C)c1C(C)C. The van der Waals surface area contributed by atoms with E-state index in [1.165, 1.54) is 5.56 Å². The molecule has 0 aromatic carbocycles. The van der Waals surface area contributed by atoms with Gasteiger partial charge in [0.05, 0.1) is 6.54 Å². The first-order valence-corrected chi connectivity index (χ1v) is 5.60. The molecule has 0 unspecified atom stereocenters. The Hall–Kier alpha value is -0.960. The van der Waals surface area contributed by atoms with Crippen molar-refractivity contribution >= 4 is 0 Å². The van der Waals surface area contributed by atoms with Gasteiger partial charge >= 0.3 is 0 Å². The number of nitrogens with two attached hydrogens (primary N) is 1. The summed E-state index contributed by atoms with van der Waals surface area (Å²) in [6.07, 6.45) is 0. The highest BCUT2D eigenvalue weighted by atomic mass is 14.9. The van der Waals surface area contributed by atoms with Gasteiger partial charge in [0.1, 0.15) is 5.82 Å². The van der Waals surface area contributed by atoms with Crippen LogP contribution in [0.15, 0.2) is 0 Å². The highest BCUT2D eigenvalue weighted by Gasteiger charge is 2.10. The molecule has 0 saturated heterocycles. The first-order valence-electron chi connectivity index (χ1n) is 5.60. The van der Waals surface area contributed by atoms with Gasteiger partial charge in [-0.05, 0) is 25.3 Å². The molecule has 0 fully saturated rings. The standard InChI is InChI=1S/C10H17N3.C2H6/c1-6(2)10-7(3)12-9(5-11)13-8(10)4;1-2/h6H,5,11H2,1-4H3;1-2H3. The lowest BCUT2D eigenvalue weighted by Gasteiger charge is -2.12. The van der Waals surface area contributed by atoms with Crippen LogP contribution in [0.1, 0.15) is 56.4 Å². The second-order valence-electron chi connectivity index (χ2n) is 3.58. The molecule has 0 radical (unpaired) electrons. The Kier molecular flexibility index (Phi) is 6.09. The summed E-state index contributed by atoms with van der Waals surface area (Å²) in [6, 6.07) is 0. The highest BCUT2D eigenvalue weighted by molar-refractivity contribution is 5.27. The topological polar surface area (TPSA) is 51.8 Å². The number of aryl methyl sites for hydroxylation is 2. The molecule has 1 heterocycles. The number of hydrogen-bond acceptors (Lipinski definition) is 3. The summed E-state index contributed by atoms with van der Waals surface area (Å²) in [7, 11) is 0. The van der Waals surface area contributed by atoms with Crippen molar-refractivity contribution in [2.24, 2.45) is 5.73 Å². The summed E-state index contributed by atoms with van der Waals surface area (Å²) in [5.41, 5.74) is 8.85. The molecule has 0 spiro atoms. The average Bonchev–Trinajstić information content (AvgIpc) is 2.19. The van der Waals surface area contributed by atoms with E-state index in [2.05, 4.69) is 23.8 Å². The first-order chi connectivity index (χ1) is 7.06. The van der Waals surface area contributed by atoms with Crippen molar-refractivity contribution in [2.45, 2.75) is 54.0 Å². The van der Waals surface area contributed by atoms with Crippen LogP contribution >= 0.6 is 0 Å². The van der Waals surface area contributed by atoms with E-state index in [4.69, 9.17) is 5.73 Å². The van der Waals surface area contributed by atoms with Gasteiger partial charge in [-0.3, -0.25) is 0 Å². The summed E-state index contributed by atoms with van der Waals surface area (Å²) in [6.45, 7) is 12.8. The fourth-order valence-corrected chi connectivity index (χ4v) is 1.72. The van der Waals surface area contributed by atoms with Crippen LogP contribution in [0.25, 0.3) is 0 Å². The van der Waals surface area contributed by atoms with Crippen LogP contribution in [-0.4, -0.2) is 9.97 Å². The minimum absolute atomic E-state index is 0.417. The summed E-state index contributed by atoms with van der Waals surface area (Å²) < 4.78 is 0. The Morgan fingerprint density at radius 2 is 1.47 bits per heavy atom. The molecule has 1 rings (SSSR count). The van der Waals surface area contributed by atoms with Gasteiger partial charge in [-0.1, -0.05) is 27.7 Å². The fraction of sp³-hybridized carbons (Fsp3) is 0.667. The Morgan fingerprint density at radius 3 is 1.73 bits per heavy atom. The zero-order chi connectivity index (χ0) is 12.0. The van der Waals surface area contributed by atoms with Crippen LogP contribution in [0.3, 0.4) is 0 Å². The molecule has 0 aliphatic carbocycles. The van der Waals surface area contributed by atoms with Crippen molar-refractivity contribution < 1.29 is 0 Å². The lowest BCUT2D eigenvalue weighted by molar-refractivity contribution is 0.781. The van der Waals surface area contributed by atoms with E-state index in [0.717, 1.165) is 17.2 Å². The predicted octanol–water partition coefficient (Wildman–Crippen LogP) is 2.70. The van der Waals surface area contributed by atoms with Gasteiger partial charge in [0.2, 0.25) is 0 Å². The molecule has 0 atom stereocenters. The summed E-state index contributed by atoms with van der Waals surface area (Å²) in [5, 5.41) is 0. The van der Waals surface area contributed by atoms with E-state index in [0.29, 0.717) is 12.5 Å². The maximum atomic E-state index is 5.49. The van der Waals surface area contributed by atoms with Crippen molar-refractivity contribution in [3.63, 3.8) is 0 Å².